The molecule has 0 amide bonds. The first-order chi connectivity index (χ1) is 8.34. The van der Waals surface area contributed by atoms with Gasteiger partial charge >= 0.3 is 5.97 Å². The number of carbonyl (C=O) groups is 1. The number of hydrogen-bond donors (Lipinski definition) is 0. The molecule has 0 bridgehead atoms. The van der Waals surface area contributed by atoms with Crippen LogP contribution in [-0.4, -0.2) is 20.7 Å². The van der Waals surface area contributed by atoms with Gasteiger partial charge in [0.2, 0.25) is 0 Å². The Morgan fingerprint density at radius 2 is 2.06 bits per heavy atom. The first-order valence-electron chi connectivity index (χ1n) is 5.99. The molecule has 98 valence electrons. The normalized spacial score (nSPS) is 11.8. The minimum atomic E-state index is -1.49. The van der Waals surface area contributed by atoms with Crippen LogP contribution in [0.4, 0.5) is 0 Å². The molecule has 0 saturated heterocycles. The average molecular weight is 283 g/mol. The van der Waals surface area contributed by atoms with E-state index in [4.69, 9.17) is 16.3 Å². The fourth-order valence-electron chi connectivity index (χ4n) is 1.67. The van der Waals surface area contributed by atoms with Gasteiger partial charge in [-0.25, -0.2) is 4.79 Å². The van der Waals surface area contributed by atoms with Crippen molar-refractivity contribution in [1.29, 1.82) is 0 Å². The molecule has 0 radical (unpaired) electrons. The standard InChI is InChI=1S/C14H19ClO2Si/c1-5-17-14(16)9-7-11-6-8-12(15)10-13(11)18(2,3)4/h6-10H,5H2,1-4H3/b9-7+. The maximum atomic E-state index is 11.3. The van der Waals surface area contributed by atoms with Crippen molar-refractivity contribution in [3.05, 3.63) is 34.9 Å². The Balaban J connectivity index is 3.06. The molecule has 0 fully saturated rings. The highest BCUT2D eigenvalue weighted by Crippen LogP contribution is 2.14. The van der Waals surface area contributed by atoms with Gasteiger partial charge in [0.25, 0.3) is 0 Å². The van der Waals surface area contributed by atoms with Crippen LogP contribution in [0, 0.1) is 0 Å². The predicted molar refractivity (Wildman–Crippen MR) is 80.1 cm³/mol. The Kier molecular flexibility index (Phi) is 5.17. The fraction of sp³-hybridized carbons (Fsp3) is 0.357. The summed E-state index contributed by atoms with van der Waals surface area (Å²) in [5.74, 6) is -0.311. The van der Waals surface area contributed by atoms with E-state index in [0.717, 1.165) is 10.6 Å². The molecule has 0 aromatic heterocycles. The van der Waals surface area contributed by atoms with Gasteiger partial charge in [-0.2, -0.15) is 0 Å². The van der Waals surface area contributed by atoms with Crippen LogP contribution >= 0.6 is 11.6 Å². The average Bonchev–Trinajstić information content (AvgIpc) is 2.26. The molecular formula is C14H19ClO2Si. The fourth-order valence-corrected chi connectivity index (χ4v) is 3.56. The Labute approximate surface area is 115 Å². The summed E-state index contributed by atoms with van der Waals surface area (Å²) in [6, 6.07) is 5.79. The smallest absolute Gasteiger partial charge is 0.330 e. The van der Waals surface area contributed by atoms with Gasteiger partial charge in [-0.15, -0.1) is 0 Å². The van der Waals surface area contributed by atoms with Crippen LogP contribution in [0.5, 0.6) is 0 Å². The number of ether oxygens (including phenoxy) is 1. The number of rotatable bonds is 4. The van der Waals surface area contributed by atoms with Crippen LogP contribution in [0.1, 0.15) is 12.5 Å². The maximum absolute atomic E-state index is 11.3. The minimum Gasteiger partial charge on any atom is -0.463 e. The Morgan fingerprint density at radius 3 is 2.61 bits per heavy atom. The second-order valence-electron chi connectivity index (χ2n) is 5.07. The van der Waals surface area contributed by atoms with Crippen molar-refractivity contribution in [2.45, 2.75) is 26.6 Å². The number of benzene rings is 1. The van der Waals surface area contributed by atoms with E-state index in [1.807, 2.05) is 24.3 Å². The highest BCUT2D eigenvalue weighted by Gasteiger charge is 2.19. The van der Waals surface area contributed by atoms with E-state index < -0.39 is 8.07 Å². The third-order valence-corrected chi connectivity index (χ3v) is 4.79. The molecule has 0 N–H and O–H groups in total. The summed E-state index contributed by atoms with van der Waals surface area (Å²) >= 11 is 6.04. The van der Waals surface area contributed by atoms with Gasteiger partial charge in [0.15, 0.2) is 0 Å². The van der Waals surface area contributed by atoms with Gasteiger partial charge in [0.1, 0.15) is 0 Å². The van der Waals surface area contributed by atoms with Gasteiger partial charge in [-0.3, -0.25) is 0 Å². The zero-order valence-electron chi connectivity index (χ0n) is 11.3. The van der Waals surface area contributed by atoms with Crippen molar-refractivity contribution in [3.8, 4) is 0 Å². The van der Waals surface area contributed by atoms with E-state index in [1.165, 1.54) is 11.3 Å². The summed E-state index contributed by atoms with van der Waals surface area (Å²) in [5, 5.41) is 1.98. The highest BCUT2D eigenvalue weighted by molar-refractivity contribution is 6.89. The Bertz CT molecular complexity index is 461. The molecule has 1 aromatic rings. The molecular weight excluding hydrogens is 264 g/mol. The van der Waals surface area contributed by atoms with Gasteiger partial charge < -0.3 is 4.74 Å². The molecule has 1 rings (SSSR count). The third-order valence-electron chi connectivity index (χ3n) is 2.51. The summed E-state index contributed by atoms with van der Waals surface area (Å²) in [7, 11) is -1.49. The molecule has 0 aliphatic heterocycles. The van der Waals surface area contributed by atoms with E-state index in [9.17, 15) is 4.79 Å². The minimum absolute atomic E-state index is 0.311. The molecule has 0 atom stereocenters. The third kappa shape index (κ3) is 4.31. The summed E-state index contributed by atoms with van der Waals surface area (Å²) in [5.41, 5.74) is 1.05. The summed E-state index contributed by atoms with van der Waals surface area (Å²) < 4.78 is 4.87. The lowest BCUT2D eigenvalue weighted by molar-refractivity contribution is -0.137. The quantitative estimate of drug-likeness (QED) is 0.480. The molecule has 0 aliphatic rings. The van der Waals surface area contributed by atoms with Gasteiger partial charge in [-0.05, 0) is 30.7 Å². The lowest BCUT2D eigenvalue weighted by Crippen LogP contribution is -2.39. The van der Waals surface area contributed by atoms with Crippen LogP contribution in [0.2, 0.25) is 24.7 Å². The van der Waals surface area contributed by atoms with E-state index in [-0.39, 0.29) is 5.97 Å². The van der Waals surface area contributed by atoms with Crippen LogP contribution in [0.3, 0.4) is 0 Å². The number of hydrogen-bond acceptors (Lipinski definition) is 2. The second kappa shape index (κ2) is 6.21. The zero-order chi connectivity index (χ0) is 13.8. The summed E-state index contributed by atoms with van der Waals surface area (Å²) in [6.45, 7) is 8.94. The number of esters is 1. The number of halogens is 1. The predicted octanol–water partition coefficient (Wildman–Crippen LogP) is 3.46. The van der Waals surface area contributed by atoms with Crippen molar-refractivity contribution in [1.82, 2.24) is 0 Å². The highest BCUT2D eigenvalue weighted by atomic mass is 35.5. The molecule has 18 heavy (non-hydrogen) atoms. The molecule has 0 aliphatic carbocycles. The maximum Gasteiger partial charge on any atom is 0.330 e. The molecule has 1 aromatic carbocycles. The topological polar surface area (TPSA) is 26.3 Å². The second-order valence-corrected chi connectivity index (χ2v) is 10.5. The van der Waals surface area contributed by atoms with Gasteiger partial charge in [0, 0.05) is 11.1 Å². The van der Waals surface area contributed by atoms with Crippen molar-refractivity contribution in [2.75, 3.05) is 6.61 Å². The van der Waals surface area contributed by atoms with Gasteiger partial charge in [0.05, 0.1) is 14.7 Å². The molecule has 4 heteroatoms. The SMILES string of the molecule is CCOC(=O)/C=C/c1ccc(Cl)cc1[Si](C)(C)C. The zero-order valence-corrected chi connectivity index (χ0v) is 13.0. The van der Waals surface area contributed by atoms with Crippen LogP contribution < -0.4 is 5.19 Å². The first kappa shape index (κ1) is 15.0. The van der Waals surface area contributed by atoms with Crippen molar-refractivity contribution < 1.29 is 9.53 Å². The van der Waals surface area contributed by atoms with Crippen LogP contribution in [0.15, 0.2) is 24.3 Å². The summed E-state index contributed by atoms with van der Waals surface area (Å²) in [6.07, 6.45) is 3.28. The molecule has 0 spiro atoms. The monoisotopic (exact) mass is 282 g/mol. The lowest BCUT2D eigenvalue weighted by Gasteiger charge is -2.19. The summed E-state index contributed by atoms with van der Waals surface area (Å²) in [4.78, 5) is 11.3. The molecule has 2 nitrogen and oxygen atoms in total. The van der Waals surface area contributed by atoms with E-state index in [1.54, 1.807) is 6.92 Å². The van der Waals surface area contributed by atoms with E-state index >= 15 is 0 Å². The van der Waals surface area contributed by atoms with Crippen molar-refractivity contribution in [3.63, 3.8) is 0 Å². The first-order valence-corrected chi connectivity index (χ1v) is 9.87. The molecule has 0 saturated carbocycles. The molecule has 0 heterocycles. The van der Waals surface area contributed by atoms with E-state index in [0.29, 0.717) is 6.61 Å². The van der Waals surface area contributed by atoms with Crippen LogP contribution in [-0.2, 0) is 9.53 Å². The lowest BCUT2D eigenvalue weighted by atomic mass is 10.2. The van der Waals surface area contributed by atoms with Crippen molar-refractivity contribution >= 4 is 36.9 Å². The number of carbonyl (C=O) groups excluding carboxylic acids is 1. The van der Waals surface area contributed by atoms with E-state index in [2.05, 4.69) is 19.6 Å². The molecule has 0 unspecified atom stereocenters. The Hall–Kier alpha value is -1.06. The van der Waals surface area contributed by atoms with Gasteiger partial charge in [-0.1, -0.05) is 42.5 Å². The van der Waals surface area contributed by atoms with Crippen LogP contribution in [0.25, 0.3) is 6.08 Å². The largest absolute Gasteiger partial charge is 0.463 e. The Morgan fingerprint density at radius 1 is 1.39 bits per heavy atom. The van der Waals surface area contributed by atoms with Crippen molar-refractivity contribution in [2.24, 2.45) is 0 Å².